The number of phenolic OH excluding ortho intramolecular Hbond substituents is 2. The molecule has 3 rings (SSSR count). The number of nitrogens with zero attached hydrogens (tertiary/aromatic N) is 1. The Balaban J connectivity index is 1.93. The average molecular weight is 339 g/mol. The molecule has 2 N–H and O–H groups in total. The monoisotopic (exact) mass is 339 g/mol. The van der Waals surface area contributed by atoms with E-state index in [0.717, 1.165) is 6.42 Å². The van der Waals surface area contributed by atoms with Crippen molar-refractivity contribution in [2.24, 2.45) is 4.99 Å². The Labute approximate surface area is 144 Å². The van der Waals surface area contributed by atoms with E-state index in [-0.39, 0.29) is 34.8 Å². The lowest BCUT2D eigenvalue weighted by molar-refractivity contribution is 0.0960. The number of Topliss-reactive ketones (excluding diaryl/α,β-unsaturated/α-hetero) is 2. The third-order valence-electron chi connectivity index (χ3n) is 3.83. The number of aromatic hydroxyl groups is 2. The van der Waals surface area contributed by atoms with Gasteiger partial charge in [0, 0.05) is 0 Å². The first kappa shape index (κ1) is 16.7. The van der Waals surface area contributed by atoms with Crippen molar-refractivity contribution < 1.29 is 24.5 Å². The lowest BCUT2D eigenvalue weighted by Crippen LogP contribution is -2.27. The van der Waals surface area contributed by atoms with Crippen LogP contribution in [0.2, 0.25) is 0 Å². The number of hydrogen-bond acceptors (Lipinski definition) is 6. The number of carbonyl (C=O) groups excluding carboxylic acids is 2. The van der Waals surface area contributed by atoms with Crippen LogP contribution < -0.4 is 4.74 Å². The van der Waals surface area contributed by atoms with Crippen molar-refractivity contribution in [3.05, 3.63) is 47.5 Å². The summed E-state index contributed by atoms with van der Waals surface area (Å²) in [6.07, 6.45) is 0.674. The smallest absolute Gasteiger partial charge is 0.212 e. The second-order valence-corrected chi connectivity index (χ2v) is 5.68. The van der Waals surface area contributed by atoms with E-state index in [1.54, 1.807) is 24.3 Å². The molecule has 0 fully saturated rings. The molecule has 0 radical (unpaired) electrons. The van der Waals surface area contributed by atoms with E-state index in [4.69, 9.17) is 4.74 Å². The quantitative estimate of drug-likeness (QED) is 0.832. The van der Waals surface area contributed by atoms with Gasteiger partial charge in [-0.05, 0) is 42.8 Å². The predicted octanol–water partition coefficient (Wildman–Crippen LogP) is 3.43. The Morgan fingerprint density at radius 1 is 1.00 bits per heavy atom. The average Bonchev–Trinajstić information content (AvgIpc) is 2.60. The summed E-state index contributed by atoms with van der Waals surface area (Å²) >= 11 is 0. The number of phenols is 2. The minimum atomic E-state index is -0.561. The number of aliphatic imine (C=N–C) groups is 1. The summed E-state index contributed by atoms with van der Waals surface area (Å²) in [5, 5.41) is 19.7. The first-order valence-electron chi connectivity index (χ1n) is 7.94. The highest BCUT2D eigenvalue weighted by atomic mass is 16.5. The van der Waals surface area contributed by atoms with Gasteiger partial charge in [-0.25, -0.2) is 4.99 Å². The van der Waals surface area contributed by atoms with Gasteiger partial charge in [-0.1, -0.05) is 6.92 Å². The zero-order chi connectivity index (χ0) is 18.0. The van der Waals surface area contributed by atoms with Gasteiger partial charge in [0.1, 0.15) is 17.2 Å². The summed E-state index contributed by atoms with van der Waals surface area (Å²) in [6.45, 7) is 2.62. The van der Waals surface area contributed by atoms with E-state index in [9.17, 15) is 19.8 Å². The largest absolute Gasteiger partial charge is 0.507 e. The number of fused-ring (bicyclic) bond motifs is 1. The van der Waals surface area contributed by atoms with Crippen LogP contribution in [0.3, 0.4) is 0 Å². The molecular formula is C19H17NO5. The Bertz CT molecular complexity index is 868. The number of ketones is 2. The van der Waals surface area contributed by atoms with Crippen LogP contribution >= 0.6 is 0 Å². The maximum absolute atomic E-state index is 12.6. The molecule has 0 aliphatic heterocycles. The molecule has 128 valence electrons. The number of benzene rings is 2. The highest BCUT2D eigenvalue weighted by molar-refractivity contribution is 6.53. The molecule has 0 saturated carbocycles. The zero-order valence-electron chi connectivity index (χ0n) is 13.7. The topological polar surface area (TPSA) is 96.2 Å². The summed E-state index contributed by atoms with van der Waals surface area (Å²) < 4.78 is 5.48. The molecular weight excluding hydrogens is 322 g/mol. The van der Waals surface area contributed by atoms with Crippen LogP contribution in [-0.4, -0.2) is 34.1 Å². The van der Waals surface area contributed by atoms with Crippen LogP contribution in [0, 0.1) is 0 Å². The second kappa shape index (κ2) is 6.76. The Morgan fingerprint density at radius 3 is 2.28 bits per heavy atom. The Kier molecular flexibility index (Phi) is 4.52. The molecule has 0 aromatic heterocycles. The summed E-state index contributed by atoms with van der Waals surface area (Å²) in [5.41, 5.74) is 0.189. The van der Waals surface area contributed by atoms with Gasteiger partial charge in [-0.3, -0.25) is 9.59 Å². The number of rotatable bonds is 4. The van der Waals surface area contributed by atoms with Crippen LogP contribution in [0.4, 0.5) is 5.69 Å². The van der Waals surface area contributed by atoms with Crippen molar-refractivity contribution in [1.82, 2.24) is 0 Å². The summed E-state index contributed by atoms with van der Waals surface area (Å²) in [7, 11) is 0. The van der Waals surface area contributed by atoms with Crippen LogP contribution in [-0.2, 0) is 0 Å². The SMILES string of the molecule is CCCOc1ccc(N=C2CC(=O)c3c(O)ccc(O)c3C2=O)cc1. The van der Waals surface area contributed by atoms with Crippen LogP contribution in [0.15, 0.2) is 41.4 Å². The molecule has 0 unspecified atom stereocenters. The van der Waals surface area contributed by atoms with Crippen molar-refractivity contribution >= 4 is 23.0 Å². The Hall–Kier alpha value is -3.15. The molecule has 0 atom stereocenters. The molecule has 0 saturated heterocycles. The lowest BCUT2D eigenvalue weighted by atomic mass is 9.86. The molecule has 6 nitrogen and oxygen atoms in total. The van der Waals surface area contributed by atoms with Crippen molar-refractivity contribution in [1.29, 1.82) is 0 Å². The maximum atomic E-state index is 12.6. The highest BCUT2D eigenvalue weighted by Crippen LogP contribution is 2.34. The van der Waals surface area contributed by atoms with Gasteiger partial charge < -0.3 is 14.9 Å². The normalized spacial score (nSPS) is 15.3. The first-order valence-corrected chi connectivity index (χ1v) is 7.94. The molecule has 6 heteroatoms. The Morgan fingerprint density at radius 2 is 1.64 bits per heavy atom. The van der Waals surface area contributed by atoms with E-state index in [0.29, 0.717) is 18.0 Å². The van der Waals surface area contributed by atoms with Crippen LogP contribution in [0.25, 0.3) is 0 Å². The molecule has 1 aliphatic carbocycles. The van der Waals surface area contributed by atoms with E-state index >= 15 is 0 Å². The lowest BCUT2D eigenvalue weighted by Gasteiger charge is -2.17. The molecule has 2 aromatic rings. The molecule has 0 bridgehead atoms. The molecule has 0 spiro atoms. The van der Waals surface area contributed by atoms with Crippen molar-refractivity contribution in [2.75, 3.05) is 6.61 Å². The van der Waals surface area contributed by atoms with Crippen molar-refractivity contribution in [3.8, 4) is 17.2 Å². The third-order valence-corrected chi connectivity index (χ3v) is 3.83. The number of carbonyl (C=O) groups is 2. The van der Waals surface area contributed by atoms with Gasteiger partial charge in [0.15, 0.2) is 5.78 Å². The van der Waals surface area contributed by atoms with Gasteiger partial charge in [0.05, 0.1) is 35.6 Å². The van der Waals surface area contributed by atoms with E-state index in [1.807, 2.05) is 6.92 Å². The predicted molar refractivity (Wildman–Crippen MR) is 92.4 cm³/mol. The molecule has 0 amide bonds. The minimum absolute atomic E-state index is 0.0284. The standard InChI is InChI=1S/C19H17NO5/c1-2-9-25-12-5-3-11(4-6-12)20-13-10-16(23)17-14(21)7-8-15(22)18(17)19(13)24/h3-8,21-22H,2,9-10H2,1H3. The second-order valence-electron chi connectivity index (χ2n) is 5.68. The van der Waals surface area contributed by atoms with Gasteiger partial charge in [0.25, 0.3) is 0 Å². The van der Waals surface area contributed by atoms with Gasteiger partial charge in [-0.2, -0.15) is 0 Å². The maximum Gasteiger partial charge on any atom is 0.212 e. The van der Waals surface area contributed by atoms with Crippen LogP contribution in [0.1, 0.15) is 40.5 Å². The first-order chi connectivity index (χ1) is 12.0. The summed E-state index contributed by atoms with van der Waals surface area (Å²) in [4.78, 5) is 29.1. The van der Waals surface area contributed by atoms with Gasteiger partial charge in [-0.15, -0.1) is 0 Å². The van der Waals surface area contributed by atoms with Gasteiger partial charge in [0.2, 0.25) is 5.78 Å². The molecule has 1 aliphatic rings. The number of hydrogen-bond donors (Lipinski definition) is 2. The fraction of sp³-hybridized carbons (Fsp3) is 0.211. The molecule has 0 heterocycles. The fourth-order valence-corrected chi connectivity index (χ4v) is 2.64. The minimum Gasteiger partial charge on any atom is -0.507 e. The zero-order valence-corrected chi connectivity index (χ0v) is 13.7. The summed E-state index contributed by atoms with van der Waals surface area (Å²) in [5.74, 6) is -0.979. The molecule has 25 heavy (non-hydrogen) atoms. The van der Waals surface area contributed by atoms with Crippen LogP contribution in [0.5, 0.6) is 17.2 Å². The van der Waals surface area contributed by atoms with E-state index in [2.05, 4.69) is 4.99 Å². The third kappa shape index (κ3) is 3.24. The summed E-state index contributed by atoms with van der Waals surface area (Å²) in [6, 6.07) is 9.22. The van der Waals surface area contributed by atoms with Crippen molar-refractivity contribution in [3.63, 3.8) is 0 Å². The van der Waals surface area contributed by atoms with Crippen molar-refractivity contribution in [2.45, 2.75) is 19.8 Å². The van der Waals surface area contributed by atoms with E-state index in [1.165, 1.54) is 12.1 Å². The van der Waals surface area contributed by atoms with Gasteiger partial charge >= 0.3 is 0 Å². The van der Waals surface area contributed by atoms with E-state index < -0.39 is 11.6 Å². The number of ether oxygens (including phenoxy) is 1. The molecule has 2 aromatic carbocycles. The highest BCUT2D eigenvalue weighted by Gasteiger charge is 2.34. The fourth-order valence-electron chi connectivity index (χ4n) is 2.64.